The highest BCUT2D eigenvalue weighted by atomic mass is 127. The highest BCUT2D eigenvalue weighted by Crippen LogP contribution is 2.30. The fraction of sp³-hybridized carbons (Fsp3) is 0.632. The first-order valence-corrected chi connectivity index (χ1v) is 9.19. The highest BCUT2D eigenvalue weighted by molar-refractivity contribution is 14.0. The van der Waals surface area contributed by atoms with Gasteiger partial charge in [0.25, 0.3) is 0 Å². The fourth-order valence-electron chi connectivity index (χ4n) is 2.76. The number of nitrogens with one attached hydrogen (secondary N) is 2. The first-order chi connectivity index (χ1) is 12.8. The summed E-state index contributed by atoms with van der Waals surface area (Å²) in [5.74, 6) is 2.22. The Morgan fingerprint density at radius 3 is 2.78 bits per heavy atom. The SMILES string of the molecule is CCNC(=NCc1cccc(OC)c1OC)NCCCOC1CCOC1.I. The second-order valence-electron chi connectivity index (χ2n) is 5.98. The zero-order chi connectivity index (χ0) is 18.6. The molecule has 1 heterocycles. The van der Waals surface area contributed by atoms with Gasteiger partial charge in [0, 0.05) is 31.9 Å². The molecule has 0 bridgehead atoms. The average Bonchev–Trinajstić information content (AvgIpc) is 3.18. The van der Waals surface area contributed by atoms with E-state index < -0.39 is 0 Å². The monoisotopic (exact) mass is 493 g/mol. The Hall–Kier alpha value is -1.26. The van der Waals surface area contributed by atoms with Crippen molar-refractivity contribution in [2.24, 2.45) is 4.99 Å². The third-order valence-corrected chi connectivity index (χ3v) is 4.09. The zero-order valence-corrected chi connectivity index (χ0v) is 18.8. The summed E-state index contributed by atoms with van der Waals surface area (Å²) in [4.78, 5) is 4.64. The minimum Gasteiger partial charge on any atom is -0.493 e. The van der Waals surface area contributed by atoms with Crippen molar-refractivity contribution in [3.63, 3.8) is 0 Å². The van der Waals surface area contributed by atoms with E-state index in [0.717, 1.165) is 63.0 Å². The molecule has 1 saturated heterocycles. The zero-order valence-electron chi connectivity index (χ0n) is 16.5. The van der Waals surface area contributed by atoms with E-state index in [9.17, 15) is 0 Å². The number of hydrogen-bond donors (Lipinski definition) is 2. The number of ether oxygens (including phenoxy) is 4. The van der Waals surface area contributed by atoms with Crippen LogP contribution in [0.2, 0.25) is 0 Å². The molecule has 1 aliphatic heterocycles. The van der Waals surface area contributed by atoms with E-state index in [1.54, 1.807) is 14.2 Å². The van der Waals surface area contributed by atoms with Gasteiger partial charge in [0.2, 0.25) is 0 Å². The Kier molecular flexibility index (Phi) is 12.2. The second kappa shape index (κ2) is 13.8. The second-order valence-corrected chi connectivity index (χ2v) is 5.98. The molecule has 7 nitrogen and oxygen atoms in total. The van der Waals surface area contributed by atoms with Crippen LogP contribution in [0.25, 0.3) is 0 Å². The topological polar surface area (TPSA) is 73.3 Å². The summed E-state index contributed by atoms with van der Waals surface area (Å²) in [5, 5.41) is 6.59. The number of nitrogens with zero attached hydrogens (tertiary/aromatic N) is 1. The number of hydrogen-bond acceptors (Lipinski definition) is 5. The Morgan fingerprint density at radius 1 is 1.26 bits per heavy atom. The Bertz CT molecular complexity index is 566. The third kappa shape index (κ3) is 8.10. The van der Waals surface area contributed by atoms with Crippen molar-refractivity contribution in [3.05, 3.63) is 23.8 Å². The Morgan fingerprint density at radius 2 is 2.11 bits per heavy atom. The molecule has 0 aromatic heterocycles. The molecule has 0 aliphatic carbocycles. The molecule has 27 heavy (non-hydrogen) atoms. The summed E-state index contributed by atoms with van der Waals surface area (Å²) >= 11 is 0. The minimum absolute atomic E-state index is 0. The van der Waals surface area contributed by atoms with Crippen LogP contribution in [0.5, 0.6) is 11.5 Å². The molecule has 1 aromatic rings. The molecule has 1 fully saturated rings. The van der Waals surface area contributed by atoms with Crippen LogP contribution in [0.3, 0.4) is 0 Å². The van der Waals surface area contributed by atoms with Crippen molar-refractivity contribution in [1.29, 1.82) is 0 Å². The van der Waals surface area contributed by atoms with Crippen molar-refractivity contribution in [2.75, 3.05) is 47.1 Å². The van der Waals surface area contributed by atoms with Crippen LogP contribution in [-0.2, 0) is 16.0 Å². The summed E-state index contributed by atoms with van der Waals surface area (Å²) < 4.78 is 21.9. The van der Waals surface area contributed by atoms with Crippen molar-refractivity contribution < 1.29 is 18.9 Å². The standard InChI is InChI=1S/C19H31N3O4.HI/c1-4-20-19(21-10-6-11-26-16-9-12-25-14-16)22-13-15-7-5-8-17(23-2)18(15)24-3;/h5,7-8,16H,4,6,9-14H2,1-3H3,(H2,20,21,22);1H. The number of benzene rings is 1. The molecule has 1 aliphatic rings. The van der Waals surface area contributed by atoms with Gasteiger partial charge in [-0.2, -0.15) is 0 Å². The molecule has 8 heteroatoms. The number of halogens is 1. The first-order valence-electron chi connectivity index (χ1n) is 9.19. The van der Waals surface area contributed by atoms with E-state index in [2.05, 4.69) is 15.6 Å². The fourth-order valence-corrected chi connectivity index (χ4v) is 2.76. The van der Waals surface area contributed by atoms with E-state index in [-0.39, 0.29) is 30.1 Å². The van der Waals surface area contributed by atoms with Crippen LogP contribution >= 0.6 is 24.0 Å². The van der Waals surface area contributed by atoms with Gasteiger partial charge in [-0.15, -0.1) is 24.0 Å². The van der Waals surface area contributed by atoms with Crippen molar-refractivity contribution >= 4 is 29.9 Å². The molecule has 1 atom stereocenters. The number of aliphatic imine (C=N–C) groups is 1. The maximum absolute atomic E-state index is 5.77. The van der Waals surface area contributed by atoms with E-state index in [1.807, 2.05) is 25.1 Å². The van der Waals surface area contributed by atoms with Gasteiger partial charge in [-0.1, -0.05) is 12.1 Å². The lowest BCUT2D eigenvalue weighted by Crippen LogP contribution is -2.38. The van der Waals surface area contributed by atoms with E-state index in [0.29, 0.717) is 12.3 Å². The summed E-state index contributed by atoms with van der Waals surface area (Å²) in [6.07, 6.45) is 2.18. The maximum atomic E-state index is 5.77. The number of methoxy groups -OCH3 is 2. The van der Waals surface area contributed by atoms with E-state index >= 15 is 0 Å². The predicted octanol–water partition coefficient (Wildman–Crippen LogP) is 2.57. The van der Waals surface area contributed by atoms with Crippen molar-refractivity contribution in [3.8, 4) is 11.5 Å². The van der Waals surface area contributed by atoms with Gasteiger partial charge in [0.05, 0.1) is 33.5 Å². The van der Waals surface area contributed by atoms with Gasteiger partial charge in [-0.3, -0.25) is 0 Å². The van der Waals surface area contributed by atoms with Gasteiger partial charge in [0.1, 0.15) is 0 Å². The van der Waals surface area contributed by atoms with Crippen molar-refractivity contribution in [2.45, 2.75) is 32.4 Å². The molecule has 0 radical (unpaired) electrons. The molecule has 2 rings (SSSR count). The summed E-state index contributed by atoms with van der Waals surface area (Å²) in [6.45, 7) is 6.42. The molecular formula is C19H32IN3O4. The normalized spacial score (nSPS) is 16.6. The quantitative estimate of drug-likeness (QED) is 0.226. The first kappa shape index (κ1) is 23.8. The lowest BCUT2D eigenvalue weighted by Gasteiger charge is -2.14. The average molecular weight is 493 g/mol. The van der Waals surface area contributed by atoms with Gasteiger partial charge in [-0.05, 0) is 25.8 Å². The molecule has 0 spiro atoms. The molecule has 154 valence electrons. The van der Waals surface area contributed by atoms with Crippen LogP contribution in [0, 0.1) is 0 Å². The van der Waals surface area contributed by atoms with Gasteiger partial charge >= 0.3 is 0 Å². The van der Waals surface area contributed by atoms with Gasteiger partial charge in [0.15, 0.2) is 17.5 Å². The minimum atomic E-state index is 0. The summed E-state index contributed by atoms with van der Waals surface area (Å²) in [7, 11) is 3.28. The van der Waals surface area contributed by atoms with Gasteiger partial charge in [-0.25, -0.2) is 4.99 Å². The summed E-state index contributed by atoms with van der Waals surface area (Å²) in [6, 6.07) is 5.81. The Balaban J connectivity index is 0.00000364. The lowest BCUT2D eigenvalue weighted by molar-refractivity contribution is 0.0420. The van der Waals surface area contributed by atoms with Crippen molar-refractivity contribution in [1.82, 2.24) is 10.6 Å². The van der Waals surface area contributed by atoms with Crippen LogP contribution in [0.1, 0.15) is 25.3 Å². The van der Waals surface area contributed by atoms with E-state index in [4.69, 9.17) is 18.9 Å². The number of rotatable bonds is 10. The lowest BCUT2D eigenvalue weighted by atomic mass is 10.2. The van der Waals surface area contributed by atoms with Crippen LogP contribution in [0.4, 0.5) is 0 Å². The van der Waals surface area contributed by atoms with E-state index in [1.165, 1.54) is 0 Å². The highest BCUT2D eigenvalue weighted by Gasteiger charge is 2.15. The van der Waals surface area contributed by atoms with Crippen LogP contribution in [-0.4, -0.2) is 59.2 Å². The largest absolute Gasteiger partial charge is 0.493 e. The summed E-state index contributed by atoms with van der Waals surface area (Å²) in [5.41, 5.74) is 0.980. The maximum Gasteiger partial charge on any atom is 0.191 e. The predicted molar refractivity (Wildman–Crippen MR) is 118 cm³/mol. The van der Waals surface area contributed by atoms with Crippen LogP contribution in [0.15, 0.2) is 23.2 Å². The molecule has 1 unspecified atom stereocenters. The number of para-hydroxylation sites is 1. The molecular weight excluding hydrogens is 461 g/mol. The smallest absolute Gasteiger partial charge is 0.191 e. The van der Waals surface area contributed by atoms with Crippen LogP contribution < -0.4 is 20.1 Å². The molecule has 0 saturated carbocycles. The van der Waals surface area contributed by atoms with Gasteiger partial charge < -0.3 is 29.6 Å². The molecule has 1 aromatic carbocycles. The Labute approximate surface area is 179 Å². The number of guanidine groups is 1. The molecule has 0 amide bonds. The third-order valence-electron chi connectivity index (χ3n) is 4.09. The molecule has 2 N–H and O–H groups in total.